The molecule has 0 bridgehead atoms. The van der Waals surface area contributed by atoms with Crippen LogP contribution in [-0.2, 0) is 6.54 Å². The molecule has 2 aromatic carbocycles. The number of aryl methyl sites for hydroxylation is 1. The van der Waals surface area contributed by atoms with E-state index < -0.39 is 0 Å². The Morgan fingerprint density at radius 2 is 1.85 bits per heavy atom. The molecule has 0 amide bonds. The topological polar surface area (TPSA) is 50.3 Å². The quantitative estimate of drug-likeness (QED) is 0.607. The second-order valence-corrected chi connectivity index (χ2v) is 6.56. The largest absolute Gasteiger partial charge is 0.495 e. The standard InChI is InChI=1S/C21H23ClN4O/c1-4-26(14-16-8-6-5-7-9-16)21-13-20(23-15(2)24-21)25-18-12-17(22)10-11-19(18)27-3/h5-13H,4,14H2,1-3H3,(H,23,24,25). The SMILES string of the molecule is CCN(Cc1ccccc1)c1cc(Nc2cc(Cl)ccc2OC)nc(C)n1. The van der Waals surface area contributed by atoms with Crippen molar-refractivity contribution in [2.24, 2.45) is 0 Å². The molecule has 0 saturated carbocycles. The first-order valence-electron chi connectivity index (χ1n) is 8.84. The van der Waals surface area contributed by atoms with Gasteiger partial charge in [0.2, 0.25) is 0 Å². The third kappa shape index (κ3) is 4.89. The van der Waals surface area contributed by atoms with E-state index in [1.165, 1.54) is 5.56 Å². The summed E-state index contributed by atoms with van der Waals surface area (Å²) >= 11 is 6.13. The lowest BCUT2D eigenvalue weighted by Crippen LogP contribution is -2.23. The van der Waals surface area contributed by atoms with Crippen molar-refractivity contribution < 1.29 is 4.74 Å². The van der Waals surface area contributed by atoms with Gasteiger partial charge in [-0.3, -0.25) is 0 Å². The molecule has 0 atom stereocenters. The van der Waals surface area contributed by atoms with Crippen LogP contribution in [0.25, 0.3) is 0 Å². The number of anilines is 3. The normalized spacial score (nSPS) is 10.5. The third-order valence-electron chi connectivity index (χ3n) is 4.17. The molecule has 0 radical (unpaired) electrons. The summed E-state index contributed by atoms with van der Waals surface area (Å²) in [6.07, 6.45) is 0. The summed E-state index contributed by atoms with van der Waals surface area (Å²) in [6.45, 7) is 5.63. The van der Waals surface area contributed by atoms with E-state index in [-0.39, 0.29) is 0 Å². The number of hydrogen-bond donors (Lipinski definition) is 1. The fraction of sp³-hybridized carbons (Fsp3) is 0.238. The Balaban J connectivity index is 1.88. The maximum Gasteiger partial charge on any atom is 0.142 e. The maximum absolute atomic E-state index is 6.13. The van der Waals surface area contributed by atoms with E-state index in [9.17, 15) is 0 Å². The first-order valence-corrected chi connectivity index (χ1v) is 9.22. The molecule has 1 heterocycles. The monoisotopic (exact) mass is 382 g/mol. The second kappa shape index (κ2) is 8.73. The summed E-state index contributed by atoms with van der Waals surface area (Å²) in [5, 5.41) is 3.93. The zero-order valence-corrected chi connectivity index (χ0v) is 16.5. The van der Waals surface area contributed by atoms with Crippen LogP contribution in [0.3, 0.4) is 0 Å². The molecule has 0 saturated heterocycles. The van der Waals surface area contributed by atoms with Crippen LogP contribution in [0.2, 0.25) is 5.02 Å². The Morgan fingerprint density at radius 1 is 1.07 bits per heavy atom. The van der Waals surface area contributed by atoms with Gasteiger partial charge >= 0.3 is 0 Å². The molecule has 3 aromatic rings. The van der Waals surface area contributed by atoms with Crippen LogP contribution in [-0.4, -0.2) is 23.6 Å². The fourth-order valence-corrected chi connectivity index (χ4v) is 3.02. The first kappa shape index (κ1) is 19.0. The van der Waals surface area contributed by atoms with E-state index in [1.54, 1.807) is 13.2 Å². The zero-order valence-electron chi connectivity index (χ0n) is 15.7. The number of hydrogen-bond acceptors (Lipinski definition) is 5. The van der Waals surface area contributed by atoms with Crippen molar-refractivity contribution in [1.82, 2.24) is 9.97 Å². The van der Waals surface area contributed by atoms with Gasteiger partial charge in [0.1, 0.15) is 23.2 Å². The number of benzene rings is 2. The molecular weight excluding hydrogens is 360 g/mol. The van der Waals surface area contributed by atoms with Gasteiger partial charge in [0.15, 0.2) is 0 Å². The van der Waals surface area contributed by atoms with Crippen molar-refractivity contribution in [1.29, 1.82) is 0 Å². The van der Waals surface area contributed by atoms with Crippen molar-refractivity contribution in [3.8, 4) is 5.75 Å². The predicted octanol–water partition coefficient (Wildman–Crippen LogP) is 5.22. The highest BCUT2D eigenvalue weighted by atomic mass is 35.5. The summed E-state index contributed by atoms with van der Waals surface area (Å²) in [7, 11) is 1.63. The third-order valence-corrected chi connectivity index (χ3v) is 4.41. The summed E-state index contributed by atoms with van der Waals surface area (Å²) in [5.74, 6) is 2.97. The average molecular weight is 383 g/mol. The molecule has 27 heavy (non-hydrogen) atoms. The number of aromatic nitrogens is 2. The van der Waals surface area contributed by atoms with E-state index >= 15 is 0 Å². The van der Waals surface area contributed by atoms with Crippen LogP contribution in [0.15, 0.2) is 54.6 Å². The number of halogens is 1. The number of rotatable bonds is 7. The van der Waals surface area contributed by atoms with Crippen molar-refractivity contribution in [3.63, 3.8) is 0 Å². The minimum Gasteiger partial charge on any atom is -0.495 e. The van der Waals surface area contributed by atoms with Crippen LogP contribution >= 0.6 is 11.6 Å². The Morgan fingerprint density at radius 3 is 2.56 bits per heavy atom. The molecule has 0 aliphatic rings. The minimum absolute atomic E-state index is 0.628. The summed E-state index contributed by atoms with van der Waals surface area (Å²) in [4.78, 5) is 11.3. The molecule has 1 N–H and O–H groups in total. The molecule has 0 aliphatic heterocycles. The van der Waals surface area contributed by atoms with Gasteiger partial charge in [-0.1, -0.05) is 41.9 Å². The lowest BCUT2D eigenvalue weighted by atomic mass is 10.2. The smallest absolute Gasteiger partial charge is 0.142 e. The number of nitrogens with zero attached hydrogens (tertiary/aromatic N) is 3. The maximum atomic E-state index is 6.13. The van der Waals surface area contributed by atoms with E-state index in [0.717, 1.165) is 24.6 Å². The summed E-state index contributed by atoms with van der Waals surface area (Å²) in [5.41, 5.74) is 2.00. The molecule has 0 fully saturated rings. The molecule has 6 heteroatoms. The van der Waals surface area contributed by atoms with Gasteiger partial charge in [-0.05, 0) is 37.6 Å². The second-order valence-electron chi connectivity index (χ2n) is 6.13. The Hall–Kier alpha value is -2.79. The van der Waals surface area contributed by atoms with Gasteiger partial charge in [-0.25, -0.2) is 9.97 Å². The highest BCUT2D eigenvalue weighted by Gasteiger charge is 2.12. The lowest BCUT2D eigenvalue weighted by Gasteiger charge is -2.23. The summed E-state index contributed by atoms with van der Waals surface area (Å²) in [6, 6.07) is 17.7. The van der Waals surface area contributed by atoms with Gasteiger partial charge < -0.3 is 15.0 Å². The fourth-order valence-electron chi connectivity index (χ4n) is 2.85. The van der Waals surface area contributed by atoms with E-state index in [0.29, 0.717) is 22.4 Å². The Kier molecular flexibility index (Phi) is 6.14. The molecular formula is C21H23ClN4O. The van der Waals surface area contributed by atoms with Gasteiger partial charge in [0.05, 0.1) is 12.8 Å². The predicted molar refractivity (Wildman–Crippen MR) is 111 cm³/mol. The number of nitrogens with one attached hydrogen (secondary N) is 1. The number of ether oxygens (including phenoxy) is 1. The lowest BCUT2D eigenvalue weighted by molar-refractivity contribution is 0.417. The van der Waals surface area contributed by atoms with Gasteiger partial charge in [0.25, 0.3) is 0 Å². The van der Waals surface area contributed by atoms with Crippen molar-refractivity contribution in [3.05, 3.63) is 71.0 Å². The molecule has 140 valence electrons. The van der Waals surface area contributed by atoms with Gasteiger partial charge in [0, 0.05) is 24.2 Å². The summed E-state index contributed by atoms with van der Waals surface area (Å²) < 4.78 is 5.41. The zero-order chi connectivity index (χ0) is 19.2. The van der Waals surface area contributed by atoms with Crippen LogP contribution in [0.5, 0.6) is 5.75 Å². The highest BCUT2D eigenvalue weighted by Crippen LogP contribution is 2.30. The Labute approximate surface area is 165 Å². The van der Waals surface area contributed by atoms with Crippen LogP contribution in [0, 0.1) is 6.92 Å². The van der Waals surface area contributed by atoms with E-state index in [1.807, 2.05) is 43.3 Å². The van der Waals surface area contributed by atoms with Gasteiger partial charge in [-0.15, -0.1) is 0 Å². The van der Waals surface area contributed by atoms with E-state index in [4.69, 9.17) is 16.3 Å². The molecule has 5 nitrogen and oxygen atoms in total. The molecule has 0 aliphatic carbocycles. The van der Waals surface area contributed by atoms with Crippen molar-refractivity contribution in [2.45, 2.75) is 20.4 Å². The molecule has 1 aromatic heterocycles. The van der Waals surface area contributed by atoms with Crippen LogP contribution < -0.4 is 15.0 Å². The average Bonchev–Trinajstić information content (AvgIpc) is 2.66. The molecule has 0 unspecified atom stereocenters. The van der Waals surface area contributed by atoms with Crippen LogP contribution in [0.4, 0.5) is 17.3 Å². The van der Waals surface area contributed by atoms with Gasteiger partial charge in [-0.2, -0.15) is 0 Å². The highest BCUT2D eigenvalue weighted by molar-refractivity contribution is 6.31. The van der Waals surface area contributed by atoms with Crippen molar-refractivity contribution >= 4 is 28.9 Å². The van der Waals surface area contributed by atoms with Crippen LogP contribution in [0.1, 0.15) is 18.3 Å². The Bertz CT molecular complexity index is 902. The van der Waals surface area contributed by atoms with Crippen molar-refractivity contribution in [2.75, 3.05) is 23.9 Å². The molecule has 0 spiro atoms. The first-order chi connectivity index (χ1) is 13.1. The minimum atomic E-state index is 0.628. The molecule has 3 rings (SSSR count). The number of methoxy groups -OCH3 is 1. The van der Waals surface area contributed by atoms with E-state index in [2.05, 4.69) is 39.2 Å².